The number of hydrazine groups is 1. The van der Waals surface area contributed by atoms with Gasteiger partial charge < -0.3 is 4.42 Å². The molecule has 2 amide bonds. The minimum absolute atomic E-state index is 0.123. The van der Waals surface area contributed by atoms with E-state index in [-0.39, 0.29) is 10.8 Å². The molecule has 0 saturated heterocycles. The Morgan fingerprint density at radius 1 is 1.24 bits per heavy atom. The van der Waals surface area contributed by atoms with Crippen molar-refractivity contribution in [3.8, 4) is 0 Å². The standard InChI is InChI=1S/C15H14F3N3O3S/c1-8-5-11(9(2)24-8)14(23)21-20-12(22)7-25-13-4-3-10(6-19-13)15(16,17)18/h3-6H,7H2,1-2H3,(H,20,22)(H,21,23). The summed E-state index contributed by atoms with van der Waals surface area (Å²) >= 11 is 0.942. The van der Waals surface area contributed by atoms with E-state index in [0.717, 1.165) is 17.8 Å². The molecule has 0 atom stereocenters. The maximum absolute atomic E-state index is 12.4. The van der Waals surface area contributed by atoms with Crippen molar-refractivity contribution in [3.05, 3.63) is 47.0 Å². The van der Waals surface area contributed by atoms with Crippen LogP contribution in [0.25, 0.3) is 0 Å². The third-order valence-corrected chi connectivity index (χ3v) is 3.96. The molecule has 0 radical (unpaired) electrons. The molecule has 0 aliphatic rings. The van der Waals surface area contributed by atoms with E-state index in [1.165, 1.54) is 12.1 Å². The molecular weight excluding hydrogens is 359 g/mol. The zero-order valence-electron chi connectivity index (χ0n) is 13.2. The van der Waals surface area contributed by atoms with E-state index >= 15 is 0 Å². The van der Waals surface area contributed by atoms with Gasteiger partial charge in [-0.05, 0) is 32.0 Å². The van der Waals surface area contributed by atoms with Crippen molar-refractivity contribution >= 4 is 23.6 Å². The van der Waals surface area contributed by atoms with Gasteiger partial charge in [0.2, 0.25) is 5.91 Å². The Morgan fingerprint density at radius 3 is 2.48 bits per heavy atom. The minimum Gasteiger partial charge on any atom is -0.466 e. The Bertz CT molecular complexity index is 773. The van der Waals surface area contributed by atoms with E-state index < -0.39 is 23.6 Å². The van der Waals surface area contributed by atoms with Crippen molar-refractivity contribution in [1.29, 1.82) is 0 Å². The topological polar surface area (TPSA) is 84.2 Å². The number of nitrogens with one attached hydrogen (secondary N) is 2. The van der Waals surface area contributed by atoms with E-state index in [2.05, 4.69) is 15.8 Å². The third kappa shape index (κ3) is 5.24. The average molecular weight is 373 g/mol. The second-order valence-corrected chi connectivity index (χ2v) is 6.00. The Kier molecular flexibility index (Phi) is 5.73. The molecule has 2 rings (SSSR count). The van der Waals surface area contributed by atoms with Crippen LogP contribution in [0.5, 0.6) is 0 Å². The number of furan rings is 1. The number of nitrogens with zero attached hydrogens (tertiary/aromatic N) is 1. The van der Waals surface area contributed by atoms with Crippen LogP contribution in [0.4, 0.5) is 13.2 Å². The predicted molar refractivity (Wildman–Crippen MR) is 83.8 cm³/mol. The third-order valence-electron chi connectivity index (χ3n) is 3.02. The number of pyridine rings is 1. The molecule has 0 spiro atoms. The van der Waals surface area contributed by atoms with Crippen LogP contribution < -0.4 is 10.9 Å². The maximum atomic E-state index is 12.4. The van der Waals surface area contributed by atoms with Crippen molar-refractivity contribution < 1.29 is 27.2 Å². The van der Waals surface area contributed by atoms with Gasteiger partial charge in [0.05, 0.1) is 21.9 Å². The van der Waals surface area contributed by atoms with Gasteiger partial charge >= 0.3 is 6.18 Å². The van der Waals surface area contributed by atoms with Gasteiger partial charge in [-0.15, -0.1) is 0 Å². The van der Waals surface area contributed by atoms with Crippen LogP contribution in [0, 0.1) is 13.8 Å². The molecule has 0 fully saturated rings. The number of halogens is 3. The average Bonchev–Trinajstić information content (AvgIpc) is 2.88. The summed E-state index contributed by atoms with van der Waals surface area (Å²) in [5.41, 5.74) is 3.89. The van der Waals surface area contributed by atoms with Gasteiger partial charge in [0.25, 0.3) is 5.91 Å². The monoisotopic (exact) mass is 373 g/mol. The highest BCUT2D eigenvalue weighted by atomic mass is 32.2. The number of hydrogen-bond donors (Lipinski definition) is 2. The van der Waals surface area contributed by atoms with Crippen LogP contribution in [0.1, 0.15) is 27.4 Å². The highest BCUT2D eigenvalue weighted by Crippen LogP contribution is 2.29. The SMILES string of the molecule is Cc1cc(C(=O)NNC(=O)CSc2ccc(C(F)(F)F)cn2)c(C)o1. The highest BCUT2D eigenvalue weighted by molar-refractivity contribution is 7.99. The van der Waals surface area contributed by atoms with Gasteiger partial charge in [0.15, 0.2) is 0 Å². The maximum Gasteiger partial charge on any atom is 0.417 e. The molecule has 2 heterocycles. The fraction of sp³-hybridized carbons (Fsp3) is 0.267. The molecule has 134 valence electrons. The van der Waals surface area contributed by atoms with Crippen molar-refractivity contribution in [3.63, 3.8) is 0 Å². The highest BCUT2D eigenvalue weighted by Gasteiger charge is 2.30. The Morgan fingerprint density at radius 2 is 1.96 bits per heavy atom. The second kappa shape index (κ2) is 7.60. The van der Waals surface area contributed by atoms with Crippen molar-refractivity contribution in [1.82, 2.24) is 15.8 Å². The van der Waals surface area contributed by atoms with Crippen molar-refractivity contribution in [2.75, 3.05) is 5.75 Å². The fourth-order valence-electron chi connectivity index (χ4n) is 1.86. The first-order valence-corrected chi connectivity index (χ1v) is 7.97. The van der Waals surface area contributed by atoms with E-state index in [1.54, 1.807) is 13.8 Å². The lowest BCUT2D eigenvalue weighted by atomic mass is 10.2. The lowest BCUT2D eigenvalue weighted by molar-refractivity contribution is -0.137. The van der Waals surface area contributed by atoms with Crippen LogP contribution >= 0.6 is 11.8 Å². The molecule has 0 bridgehead atoms. The van der Waals surface area contributed by atoms with Crippen molar-refractivity contribution in [2.45, 2.75) is 25.0 Å². The van der Waals surface area contributed by atoms with Crippen LogP contribution in [0.15, 0.2) is 33.8 Å². The molecule has 0 aliphatic heterocycles. The lowest BCUT2D eigenvalue weighted by Crippen LogP contribution is -2.42. The summed E-state index contributed by atoms with van der Waals surface area (Å²) in [6.45, 7) is 3.31. The number of hydrogen-bond acceptors (Lipinski definition) is 5. The Hall–Kier alpha value is -2.49. The molecule has 2 aromatic heterocycles. The number of carbonyl (C=O) groups is 2. The second-order valence-electron chi connectivity index (χ2n) is 5.00. The largest absolute Gasteiger partial charge is 0.466 e. The van der Waals surface area contributed by atoms with Crippen LogP contribution in [0.3, 0.4) is 0 Å². The minimum atomic E-state index is -4.46. The van der Waals surface area contributed by atoms with E-state index in [1.807, 2.05) is 0 Å². The number of aromatic nitrogens is 1. The molecule has 0 aromatic carbocycles. The molecular formula is C15H14F3N3O3S. The normalized spacial score (nSPS) is 11.2. The summed E-state index contributed by atoms with van der Waals surface area (Å²) in [6, 6.07) is 3.60. The van der Waals surface area contributed by atoms with Gasteiger partial charge in [-0.1, -0.05) is 11.8 Å². The van der Waals surface area contributed by atoms with Crippen LogP contribution in [0.2, 0.25) is 0 Å². The molecule has 10 heteroatoms. The van der Waals surface area contributed by atoms with Gasteiger partial charge in [-0.25, -0.2) is 4.98 Å². The van der Waals surface area contributed by atoms with Gasteiger partial charge in [-0.2, -0.15) is 13.2 Å². The number of alkyl halides is 3. The molecule has 0 unspecified atom stereocenters. The summed E-state index contributed by atoms with van der Waals surface area (Å²) in [5, 5.41) is 0.260. The van der Waals surface area contributed by atoms with E-state index in [0.29, 0.717) is 23.3 Å². The quantitative estimate of drug-likeness (QED) is 0.636. The number of thioether (sulfide) groups is 1. The van der Waals surface area contributed by atoms with Crippen LogP contribution in [-0.2, 0) is 11.0 Å². The summed E-state index contributed by atoms with van der Waals surface area (Å²) in [7, 11) is 0. The molecule has 25 heavy (non-hydrogen) atoms. The Balaban J connectivity index is 1.81. The number of carbonyl (C=O) groups excluding carboxylic acids is 2. The first kappa shape index (κ1) is 18.8. The van der Waals surface area contributed by atoms with E-state index in [4.69, 9.17) is 4.42 Å². The molecule has 2 N–H and O–H groups in total. The molecule has 0 aliphatic carbocycles. The fourth-order valence-corrected chi connectivity index (χ4v) is 2.50. The number of aryl methyl sites for hydroxylation is 2. The zero-order valence-corrected chi connectivity index (χ0v) is 14.0. The zero-order chi connectivity index (χ0) is 18.6. The van der Waals surface area contributed by atoms with Gasteiger partial charge in [-0.3, -0.25) is 20.4 Å². The summed E-state index contributed by atoms with van der Waals surface area (Å²) in [4.78, 5) is 27.2. The summed E-state index contributed by atoms with van der Waals surface area (Å²) in [5.74, 6) is -0.189. The number of amides is 2. The first-order valence-electron chi connectivity index (χ1n) is 6.99. The van der Waals surface area contributed by atoms with E-state index in [9.17, 15) is 22.8 Å². The number of rotatable bonds is 4. The predicted octanol–water partition coefficient (Wildman–Crippen LogP) is 2.86. The molecule has 2 aromatic rings. The summed E-state index contributed by atoms with van der Waals surface area (Å²) in [6.07, 6.45) is -3.76. The first-order chi connectivity index (χ1) is 11.7. The van der Waals surface area contributed by atoms with Crippen molar-refractivity contribution in [2.24, 2.45) is 0 Å². The smallest absolute Gasteiger partial charge is 0.417 e. The summed E-state index contributed by atoms with van der Waals surface area (Å²) < 4.78 is 42.5. The lowest BCUT2D eigenvalue weighted by Gasteiger charge is -2.08. The van der Waals surface area contributed by atoms with Crippen LogP contribution in [-0.4, -0.2) is 22.6 Å². The van der Waals surface area contributed by atoms with Gasteiger partial charge in [0, 0.05) is 6.20 Å². The Labute approximate surface area is 145 Å². The van der Waals surface area contributed by atoms with Gasteiger partial charge in [0.1, 0.15) is 11.5 Å². The molecule has 0 saturated carbocycles. The molecule has 6 nitrogen and oxygen atoms in total.